The molecule has 0 aliphatic carbocycles. The van der Waals surface area contributed by atoms with Gasteiger partial charge in [-0.15, -0.1) is 0 Å². The van der Waals surface area contributed by atoms with Crippen LogP contribution < -0.4 is 10.5 Å². The number of rotatable bonds is 8. The predicted octanol–water partition coefficient (Wildman–Crippen LogP) is 3.87. The summed E-state index contributed by atoms with van der Waals surface area (Å²) in [6.07, 6.45) is -1.06. The van der Waals surface area contributed by atoms with Gasteiger partial charge in [0, 0.05) is 53.7 Å². The van der Waals surface area contributed by atoms with Gasteiger partial charge in [0.2, 0.25) is 0 Å². The molecule has 2 aromatic carbocycles. The molecule has 0 radical (unpaired) electrons. The van der Waals surface area contributed by atoms with Crippen molar-refractivity contribution < 1.29 is 9.90 Å². The van der Waals surface area contributed by atoms with Crippen molar-refractivity contribution in [2.45, 2.75) is 33.5 Å². The van der Waals surface area contributed by atoms with Gasteiger partial charge in [0.05, 0.1) is 6.54 Å². The van der Waals surface area contributed by atoms with Gasteiger partial charge in [0.25, 0.3) is 11.5 Å². The standard InChI is InChI=1S/C26H30ClN5O3/c1-5-30(6-2)25(34)23-22-19-13-8-9-14-20(19)29(4)24(22)26(35)32(28-23)16-21(33)31(7-3)18-12-10-11-17(27)15-18/h8-15,21,33H,5-7,16H2,1-4H3. The van der Waals surface area contributed by atoms with E-state index in [9.17, 15) is 14.7 Å². The van der Waals surface area contributed by atoms with Gasteiger partial charge in [-0.1, -0.05) is 35.9 Å². The summed E-state index contributed by atoms with van der Waals surface area (Å²) in [6.45, 7) is 7.12. The van der Waals surface area contributed by atoms with E-state index in [1.807, 2.05) is 58.2 Å². The van der Waals surface area contributed by atoms with Crippen molar-refractivity contribution in [2.24, 2.45) is 7.05 Å². The summed E-state index contributed by atoms with van der Waals surface area (Å²) in [7, 11) is 1.81. The Hall–Kier alpha value is -3.36. The van der Waals surface area contributed by atoms with Crippen molar-refractivity contribution in [3.8, 4) is 0 Å². The Labute approximate surface area is 208 Å². The van der Waals surface area contributed by atoms with Crippen LogP contribution in [0.2, 0.25) is 5.02 Å². The number of carbonyl (C=O) groups excluding carboxylic acids is 1. The lowest BCUT2D eigenvalue weighted by atomic mass is 10.1. The first-order valence-electron chi connectivity index (χ1n) is 11.8. The molecule has 0 spiro atoms. The number of nitrogens with zero attached hydrogens (tertiary/aromatic N) is 5. The lowest BCUT2D eigenvalue weighted by Crippen LogP contribution is -2.42. The van der Waals surface area contributed by atoms with Crippen molar-refractivity contribution in [1.29, 1.82) is 0 Å². The van der Waals surface area contributed by atoms with E-state index in [0.29, 0.717) is 35.6 Å². The highest BCUT2D eigenvalue weighted by atomic mass is 35.5. The third-order valence-electron chi connectivity index (χ3n) is 6.43. The maximum absolute atomic E-state index is 13.6. The van der Waals surface area contributed by atoms with Crippen LogP contribution in [0, 0.1) is 0 Å². The third kappa shape index (κ3) is 4.39. The summed E-state index contributed by atoms with van der Waals surface area (Å²) in [5.74, 6) is -0.248. The maximum Gasteiger partial charge on any atom is 0.291 e. The number of hydrogen-bond donors (Lipinski definition) is 1. The molecule has 1 atom stereocenters. The fraction of sp³-hybridized carbons (Fsp3) is 0.346. The zero-order valence-corrected chi connectivity index (χ0v) is 21.2. The van der Waals surface area contributed by atoms with E-state index in [4.69, 9.17) is 11.6 Å². The normalized spacial score (nSPS) is 12.3. The highest BCUT2D eigenvalue weighted by Crippen LogP contribution is 2.29. The summed E-state index contributed by atoms with van der Waals surface area (Å²) in [6, 6.07) is 14.8. The number of aryl methyl sites for hydroxylation is 1. The Morgan fingerprint density at radius 1 is 1.09 bits per heavy atom. The summed E-state index contributed by atoms with van der Waals surface area (Å²) < 4.78 is 3.00. The zero-order valence-electron chi connectivity index (χ0n) is 20.4. The Morgan fingerprint density at radius 2 is 1.80 bits per heavy atom. The lowest BCUT2D eigenvalue weighted by Gasteiger charge is -2.29. The average Bonchev–Trinajstić information content (AvgIpc) is 3.15. The number of aliphatic hydroxyl groups excluding tert-OH is 1. The van der Waals surface area contributed by atoms with Gasteiger partial charge in [-0.05, 0) is 45.0 Å². The molecule has 2 heterocycles. The maximum atomic E-state index is 13.6. The van der Waals surface area contributed by atoms with Crippen molar-refractivity contribution in [3.05, 3.63) is 69.6 Å². The minimum absolute atomic E-state index is 0.116. The van der Waals surface area contributed by atoms with Gasteiger partial charge in [-0.3, -0.25) is 9.59 Å². The van der Waals surface area contributed by atoms with E-state index in [1.54, 1.807) is 32.6 Å². The van der Waals surface area contributed by atoms with Crippen LogP contribution in [-0.4, -0.2) is 56.1 Å². The van der Waals surface area contributed by atoms with Crippen LogP contribution in [0.3, 0.4) is 0 Å². The van der Waals surface area contributed by atoms with Crippen molar-refractivity contribution >= 4 is 45.0 Å². The van der Waals surface area contributed by atoms with Gasteiger partial charge in [-0.2, -0.15) is 5.10 Å². The molecular weight excluding hydrogens is 466 g/mol. The first-order valence-corrected chi connectivity index (χ1v) is 12.2. The highest BCUT2D eigenvalue weighted by molar-refractivity contribution is 6.30. The SMILES string of the molecule is CCN(CC)C(=O)c1nn(CC(O)N(CC)c2cccc(Cl)c2)c(=O)c2c1c1ccccc1n2C. The minimum Gasteiger partial charge on any atom is -0.372 e. The fourth-order valence-electron chi connectivity index (χ4n) is 4.63. The summed E-state index contributed by atoms with van der Waals surface area (Å²) >= 11 is 6.15. The summed E-state index contributed by atoms with van der Waals surface area (Å²) in [5.41, 5.74) is 1.79. The molecule has 4 rings (SSSR count). The molecule has 0 bridgehead atoms. The highest BCUT2D eigenvalue weighted by Gasteiger charge is 2.26. The number of hydrogen-bond acceptors (Lipinski definition) is 5. The first kappa shape index (κ1) is 24.8. The number of fused-ring (bicyclic) bond motifs is 3. The number of anilines is 1. The number of para-hydroxylation sites is 1. The Balaban J connectivity index is 1.89. The molecule has 1 amide bonds. The van der Waals surface area contributed by atoms with Crippen LogP contribution in [0.5, 0.6) is 0 Å². The van der Waals surface area contributed by atoms with Crippen LogP contribution in [0.15, 0.2) is 53.3 Å². The van der Waals surface area contributed by atoms with Gasteiger partial charge in [-0.25, -0.2) is 4.68 Å². The van der Waals surface area contributed by atoms with E-state index in [0.717, 1.165) is 16.6 Å². The molecule has 0 aliphatic rings. The number of halogens is 1. The number of amides is 1. The number of aromatic nitrogens is 3. The molecule has 1 unspecified atom stereocenters. The van der Waals surface area contributed by atoms with Crippen LogP contribution in [-0.2, 0) is 13.6 Å². The van der Waals surface area contributed by atoms with Gasteiger partial charge in [0.1, 0.15) is 11.7 Å². The second-order valence-corrected chi connectivity index (χ2v) is 8.80. The Kier molecular flexibility index (Phi) is 7.14. The summed E-state index contributed by atoms with van der Waals surface area (Å²) in [4.78, 5) is 30.6. The Bertz CT molecular complexity index is 1440. The smallest absolute Gasteiger partial charge is 0.291 e. The second kappa shape index (κ2) is 10.1. The van der Waals surface area contributed by atoms with Crippen LogP contribution in [0.1, 0.15) is 31.3 Å². The van der Waals surface area contributed by atoms with E-state index in [2.05, 4.69) is 5.10 Å². The molecule has 2 aromatic heterocycles. The van der Waals surface area contributed by atoms with Gasteiger partial charge < -0.3 is 19.5 Å². The quantitative estimate of drug-likeness (QED) is 0.375. The fourth-order valence-corrected chi connectivity index (χ4v) is 4.81. The number of benzene rings is 2. The second-order valence-electron chi connectivity index (χ2n) is 8.36. The molecule has 0 saturated carbocycles. The molecule has 184 valence electrons. The molecule has 0 fully saturated rings. The lowest BCUT2D eigenvalue weighted by molar-refractivity contribution is 0.0764. The molecule has 35 heavy (non-hydrogen) atoms. The topological polar surface area (TPSA) is 83.6 Å². The van der Waals surface area contributed by atoms with Crippen LogP contribution >= 0.6 is 11.6 Å². The average molecular weight is 496 g/mol. The Morgan fingerprint density at radius 3 is 2.46 bits per heavy atom. The van der Waals surface area contributed by atoms with Gasteiger partial charge >= 0.3 is 0 Å². The number of likely N-dealkylation sites (N-methyl/N-ethyl adjacent to an activating group) is 1. The molecule has 0 aliphatic heterocycles. The third-order valence-corrected chi connectivity index (χ3v) is 6.67. The number of carbonyl (C=O) groups is 1. The predicted molar refractivity (Wildman–Crippen MR) is 140 cm³/mol. The molecular formula is C26H30ClN5O3. The summed E-state index contributed by atoms with van der Waals surface area (Å²) in [5, 5.41) is 17.5. The van der Waals surface area contributed by atoms with Crippen molar-refractivity contribution in [2.75, 3.05) is 24.5 Å². The van der Waals surface area contributed by atoms with Crippen LogP contribution in [0.25, 0.3) is 21.8 Å². The van der Waals surface area contributed by atoms with Crippen molar-refractivity contribution in [1.82, 2.24) is 19.2 Å². The zero-order chi connectivity index (χ0) is 25.3. The monoisotopic (exact) mass is 495 g/mol. The molecule has 8 nitrogen and oxygen atoms in total. The van der Waals surface area contributed by atoms with Crippen molar-refractivity contribution in [3.63, 3.8) is 0 Å². The minimum atomic E-state index is -1.06. The van der Waals surface area contributed by atoms with E-state index in [-0.39, 0.29) is 23.7 Å². The largest absolute Gasteiger partial charge is 0.372 e. The van der Waals surface area contributed by atoms with Gasteiger partial charge in [0.15, 0.2) is 5.69 Å². The van der Waals surface area contributed by atoms with E-state index < -0.39 is 6.23 Å². The molecule has 9 heteroatoms. The number of aliphatic hydroxyl groups is 1. The molecule has 0 saturated heterocycles. The van der Waals surface area contributed by atoms with E-state index >= 15 is 0 Å². The molecule has 4 aromatic rings. The molecule has 1 N–H and O–H groups in total. The van der Waals surface area contributed by atoms with Crippen LogP contribution in [0.4, 0.5) is 5.69 Å². The van der Waals surface area contributed by atoms with E-state index in [1.165, 1.54) is 4.68 Å². The first-order chi connectivity index (χ1) is 16.8.